The zero-order chi connectivity index (χ0) is 18.8. The van der Waals surface area contributed by atoms with Crippen molar-refractivity contribution in [3.8, 4) is 0 Å². The van der Waals surface area contributed by atoms with E-state index < -0.39 is 5.76 Å². The summed E-state index contributed by atoms with van der Waals surface area (Å²) in [5.74, 6) is -0.724. The van der Waals surface area contributed by atoms with Crippen molar-refractivity contribution in [2.75, 3.05) is 26.2 Å². The second-order valence-corrected chi connectivity index (χ2v) is 6.46. The molecule has 27 heavy (non-hydrogen) atoms. The third-order valence-corrected chi connectivity index (χ3v) is 4.81. The average molecular weight is 365 g/mol. The molecule has 4 rings (SSSR count). The average Bonchev–Trinajstić information content (AvgIpc) is 3.03. The van der Waals surface area contributed by atoms with E-state index in [9.17, 15) is 14.4 Å². The fourth-order valence-electron chi connectivity index (χ4n) is 3.32. The maximum Gasteiger partial charge on any atom is 0.420 e. The molecule has 0 N–H and O–H groups in total. The molecule has 2 aromatic carbocycles. The van der Waals surface area contributed by atoms with Gasteiger partial charge in [-0.15, -0.1) is 0 Å². The van der Waals surface area contributed by atoms with E-state index in [1.165, 1.54) is 4.57 Å². The molecule has 0 unspecified atom stereocenters. The lowest BCUT2D eigenvalue weighted by Crippen LogP contribution is -2.51. The van der Waals surface area contributed by atoms with Gasteiger partial charge in [-0.1, -0.05) is 30.3 Å². The lowest BCUT2D eigenvalue weighted by Gasteiger charge is -2.34. The molecule has 0 spiro atoms. The Kier molecular flexibility index (Phi) is 4.50. The molecule has 0 saturated carbocycles. The van der Waals surface area contributed by atoms with E-state index in [-0.39, 0.29) is 18.4 Å². The van der Waals surface area contributed by atoms with E-state index in [0.29, 0.717) is 42.8 Å². The molecule has 0 atom stereocenters. The highest BCUT2D eigenvalue weighted by Gasteiger charge is 2.25. The van der Waals surface area contributed by atoms with E-state index in [4.69, 9.17) is 4.42 Å². The van der Waals surface area contributed by atoms with Crippen LogP contribution in [0.15, 0.2) is 63.8 Å². The monoisotopic (exact) mass is 365 g/mol. The first-order valence-electron chi connectivity index (χ1n) is 8.84. The second kappa shape index (κ2) is 7.11. The molecule has 1 fully saturated rings. The highest BCUT2D eigenvalue weighted by Crippen LogP contribution is 2.13. The molecular formula is C20H19N3O4. The van der Waals surface area contributed by atoms with Gasteiger partial charge in [0, 0.05) is 31.7 Å². The van der Waals surface area contributed by atoms with Crippen LogP contribution < -0.4 is 5.76 Å². The number of nitrogens with zero attached hydrogens (tertiary/aromatic N) is 3. The molecule has 3 aromatic rings. The lowest BCUT2D eigenvalue weighted by molar-refractivity contribution is -0.133. The topological polar surface area (TPSA) is 75.8 Å². The van der Waals surface area contributed by atoms with E-state index in [0.717, 1.165) is 0 Å². The molecule has 7 heteroatoms. The summed E-state index contributed by atoms with van der Waals surface area (Å²) in [7, 11) is 0. The first kappa shape index (κ1) is 17.1. The quantitative estimate of drug-likeness (QED) is 0.706. The fraction of sp³-hybridized carbons (Fsp3) is 0.250. The van der Waals surface area contributed by atoms with Gasteiger partial charge in [-0.3, -0.25) is 14.2 Å². The fourth-order valence-corrected chi connectivity index (χ4v) is 3.32. The van der Waals surface area contributed by atoms with E-state index in [2.05, 4.69) is 0 Å². The smallest absolute Gasteiger partial charge is 0.408 e. The lowest BCUT2D eigenvalue weighted by atomic mass is 10.2. The van der Waals surface area contributed by atoms with Crippen LogP contribution in [0.5, 0.6) is 0 Å². The van der Waals surface area contributed by atoms with Gasteiger partial charge in [-0.2, -0.15) is 0 Å². The van der Waals surface area contributed by atoms with Crippen LogP contribution >= 0.6 is 0 Å². The Hall–Kier alpha value is -3.35. The molecule has 2 amide bonds. The maximum absolute atomic E-state index is 12.6. The van der Waals surface area contributed by atoms with Crippen LogP contribution in [0.25, 0.3) is 11.1 Å². The van der Waals surface area contributed by atoms with Gasteiger partial charge in [0.2, 0.25) is 5.91 Å². The molecule has 1 saturated heterocycles. The number of carbonyl (C=O) groups excluding carboxylic acids is 2. The Morgan fingerprint density at radius 2 is 1.48 bits per heavy atom. The predicted molar refractivity (Wildman–Crippen MR) is 99.4 cm³/mol. The van der Waals surface area contributed by atoms with Crippen molar-refractivity contribution < 1.29 is 14.0 Å². The number of hydrogen-bond acceptors (Lipinski definition) is 4. The molecule has 1 aliphatic rings. The normalized spacial score (nSPS) is 14.5. The van der Waals surface area contributed by atoms with Crippen molar-refractivity contribution in [2.45, 2.75) is 6.54 Å². The molecule has 1 aromatic heterocycles. The van der Waals surface area contributed by atoms with Crippen LogP contribution in [0.3, 0.4) is 0 Å². The standard InChI is InChI=1S/C20H19N3O4/c24-18(14-23-16-8-4-5-9-17(16)27-20(23)26)21-10-12-22(13-11-21)19(25)15-6-2-1-3-7-15/h1-9H,10-14H2. The number of rotatable bonds is 3. The van der Waals surface area contributed by atoms with Gasteiger partial charge in [0.1, 0.15) is 6.54 Å². The van der Waals surface area contributed by atoms with Gasteiger partial charge in [-0.05, 0) is 24.3 Å². The Morgan fingerprint density at radius 1 is 0.852 bits per heavy atom. The van der Waals surface area contributed by atoms with E-state index in [1.807, 2.05) is 18.2 Å². The third-order valence-electron chi connectivity index (χ3n) is 4.81. The number of benzene rings is 2. The predicted octanol–water partition coefficient (Wildman–Crippen LogP) is 1.58. The second-order valence-electron chi connectivity index (χ2n) is 6.46. The Morgan fingerprint density at radius 3 is 2.22 bits per heavy atom. The summed E-state index contributed by atoms with van der Waals surface area (Å²) in [5, 5.41) is 0. The van der Waals surface area contributed by atoms with Crippen LogP contribution in [0.1, 0.15) is 10.4 Å². The molecular weight excluding hydrogens is 346 g/mol. The van der Waals surface area contributed by atoms with Gasteiger partial charge in [0.15, 0.2) is 5.58 Å². The SMILES string of the molecule is O=C(Cn1c(=O)oc2ccccc21)N1CCN(C(=O)c2ccccc2)CC1. The Balaban J connectivity index is 1.41. The number of para-hydroxylation sites is 2. The van der Waals surface area contributed by atoms with Crippen molar-refractivity contribution in [1.29, 1.82) is 0 Å². The summed E-state index contributed by atoms with van der Waals surface area (Å²) in [4.78, 5) is 40.6. The van der Waals surface area contributed by atoms with Gasteiger partial charge in [-0.25, -0.2) is 4.79 Å². The van der Waals surface area contributed by atoms with Crippen LogP contribution in [0.4, 0.5) is 0 Å². The minimum Gasteiger partial charge on any atom is -0.408 e. The molecule has 1 aliphatic heterocycles. The van der Waals surface area contributed by atoms with Crippen molar-refractivity contribution in [2.24, 2.45) is 0 Å². The van der Waals surface area contributed by atoms with Gasteiger partial charge in [0.25, 0.3) is 5.91 Å². The van der Waals surface area contributed by atoms with Crippen LogP contribution in [0, 0.1) is 0 Å². The van der Waals surface area contributed by atoms with Crippen molar-refractivity contribution in [1.82, 2.24) is 14.4 Å². The van der Waals surface area contributed by atoms with Crippen LogP contribution in [-0.4, -0.2) is 52.4 Å². The largest absolute Gasteiger partial charge is 0.420 e. The number of piperazine rings is 1. The number of fused-ring (bicyclic) bond motifs is 1. The number of carbonyl (C=O) groups is 2. The number of amides is 2. The molecule has 138 valence electrons. The van der Waals surface area contributed by atoms with E-state index >= 15 is 0 Å². The van der Waals surface area contributed by atoms with Crippen molar-refractivity contribution in [3.63, 3.8) is 0 Å². The minimum atomic E-state index is -0.539. The number of hydrogen-bond donors (Lipinski definition) is 0. The van der Waals surface area contributed by atoms with Crippen LogP contribution in [0.2, 0.25) is 0 Å². The van der Waals surface area contributed by atoms with Crippen molar-refractivity contribution >= 4 is 22.9 Å². The first-order valence-corrected chi connectivity index (χ1v) is 8.84. The first-order chi connectivity index (χ1) is 13.1. The summed E-state index contributed by atoms with van der Waals surface area (Å²) >= 11 is 0. The summed E-state index contributed by atoms with van der Waals surface area (Å²) in [6.07, 6.45) is 0. The summed E-state index contributed by atoms with van der Waals surface area (Å²) < 4.78 is 6.51. The maximum atomic E-state index is 12.6. The minimum absolute atomic E-state index is 0.0280. The van der Waals surface area contributed by atoms with Crippen molar-refractivity contribution in [3.05, 3.63) is 70.7 Å². The molecule has 7 nitrogen and oxygen atoms in total. The highest BCUT2D eigenvalue weighted by molar-refractivity contribution is 5.94. The van der Waals surface area contributed by atoms with Gasteiger partial charge >= 0.3 is 5.76 Å². The summed E-state index contributed by atoms with van der Waals surface area (Å²) in [6.45, 7) is 1.77. The zero-order valence-electron chi connectivity index (χ0n) is 14.7. The van der Waals surface area contributed by atoms with Gasteiger partial charge in [0.05, 0.1) is 5.52 Å². The summed E-state index contributed by atoms with van der Waals surface area (Å²) in [6, 6.07) is 16.1. The highest BCUT2D eigenvalue weighted by atomic mass is 16.4. The van der Waals surface area contributed by atoms with Crippen LogP contribution in [-0.2, 0) is 11.3 Å². The third kappa shape index (κ3) is 3.36. The summed E-state index contributed by atoms with van der Waals surface area (Å²) in [5.41, 5.74) is 1.72. The number of oxazole rings is 1. The van der Waals surface area contributed by atoms with E-state index in [1.54, 1.807) is 46.2 Å². The molecule has 0 radical (unpaired) electrons. The van der Waals surface area contributed by atoms with Gasteiger partial charge < -0.3 is 14.2 Å². The number of aromatic nitrogens is 1. The molecule has 0 bridgehead atoms. The Bertz CT molecular complexity index is 1030. The molecule has 2 heterocycles. The molecule has 0 aliphatic carbocycles. The Labute approximate surface area is 155 Å². The zero-order valence-corrected chi connectivity index (χ0v) is 14.7.